The van der Waals surface area contributed by atoms with Crippen LogP contribution in [0.4, 0.5) is 23.5 Å². The Morgan fingerprint density at radius 2 is 2.00 bits per heavy atom. The predicted molar refractivity (Wildman–Crippen MR) is 28.6 cm³/mol. The summed E-state index contributed by atoms with van der Waals surface area (Å²) in [4.78, 5) is 2.77. The van der Waals surface area contributed by atoms with Crippen LogP contribution in [0.5, 0.6) is 0 Å². The Bertz CT molecular complexity index is 273. The first kappa shape index (κ1) is 8.75. The third kappa shape index (κ3) is 1.31. The molecule has 0 saturated carbocycles. The van der Waals surface area contributed by atoms with Crippen LogP contribution in [0.15, 0.2) is 4.52 Å². The van der Waals surface area contributed by atoms with Crippen molar-refractivity contribution >= 4 is 5.95 Å². The second kappa shape index (κ2) is 2.61. The van der Waals surface area contributed by atoms with Crippen molar-refractivity contribution < 1.29 is 22.1 Å². The fraction of sp³-hybridized carbons (Fsp3) is 0.500. The van der Waals surface area contributed by atoms with Gasteiger partial charge in [-0.2, -0.15) is 13.8 Å². The van der Waals surface area contributed by atoms with Gasteiger partial charge in [-0.15, -0.1) is 0 Å². The van der Waals surface area contributed by atoms with Gasteiger partial charge in [0.15, 0.2) is 0 Å². The van der Waals surface area contributed by atoms with Gasteiger partial charge >= 0.3 is 18.2 Å². The van der Waals surface area contributed by atoms with Gasteiger partial charge < -0.3 is 10.3 Å². The van der Waals surface area contributed by atoms with Crippen LogP contribution in [-0.4, -0.2) is 16.6 Å². The van der Waals surface area contributed by atoms with E-state index in [1.807, 2.05) is 0 Å². The number of nitrogen functional groups attached to an aromatic ring is 1. The highest BCUT2D eigenvalue weighted by Gasteiger charge is 2.48. The lowest BCUT2D eigenvalue weighted by atomic mass is 10.3. The van der Waals surface area contributed by atoms with Crippen molar-refractivity contribution in [2.24, 2.45) is 0 Å². The van der Waals surface area contributed by atoms with Gasteiger partial charge in [0.25, 0.3) is 5.95 Å². The molecule has 1 aromatic rings. The molecule has 1 heterocycles. The summed E-state index contributed by atoms with van der Waals surface area (Å²) in [6, 6.07) is 0. The van der Waals surface area contributed by atoms with Crippen molar-refractivity contribution in [3.63, 3.8) is 0 Å². The van der Waals surface area contributed by atoms with E-state index in [9.17, 15) is 17.6 Å². The van der Waals surface area contributed by atoms with Crippen molar-refractivity contribution in [2.45, 2.75) is 12.3 Å². The number of hydrogen-bond donors (Lipinski definition) is 1. The summed E-state index contributed by atoms with van der Waals surface area (Å²) in [5.41, 5.74) is 4.78. The summed E-state index contributed by atoms with van der Waals surface area (Å²) < 4.78 is 51.5. The van der Waals surface area contributed by atoms with E-state index < -0.39 is 24.2 Å². The number of anilines is 1. The summed E-state index contributed by atoms with van der Waals surface area (Å²) in [5, 5.41) is 2.74. The fourth-order valence-corrected chi connectivity index (χ4v) is 0.464. The van der Waals surface area contributed by atoms with Crippen LogP contribution >= 0.6 is 0 Å². The summed E-state index contributed by atoms with van der Waals surface area (Å²) in [6.45, 7) is 0. The fourth-order valence-electron chi connectivity index (χ4n) is 0.464. The summed E-state index contributed by atoms with van der Waals surface area (Å²) >= 11 is 0. The molecule has 0 aliphatic rings. The Morgan fingerprint density at radius 3 is 2.33 bits per heavy atom. The molecule has 0 amide bonds. The van der Waals surface area contributed by atoms with E-state index in [1.54, 1.807) is 0 Å². The highest BCUT2D eigenvalue weighted by Crippen LogP contribution is 2.33. The van der Waals surface area contributed by atoms with Gasteiger partial charge in [0.2, 0.25) is 0 Å². The zero-order chi connectivity index (χ0) is 9.35. The Hall–Kier alpha value is -1.34. The molecule has 2 N–H and O–H groups in total. The maximum atomic E-state index is 12.3. The van der Waals surface area contributed by atoms with Crippen molar-refractivity contribution in [3.05, 3.63) is 5.89 Å². The molecule has 12 heavy (non-hydrogen) atoms. The van der Waals surface area contributed by atoms with Crippen LogP contribution < -0.4 is 5.73 Å². The van der Waals surface area contributed by atoms with Crippen LogP contribution in [0, 0.1) is 0 Å². The van der Waals surface area contributed by atoms with E-state index in [4.69, 9.17) is 5.73 Å². The SMILES string of the molecule is Nc1noc(C(F)(F)C(F)F)n1. The zero-order valence-electron chi connectivity index (χ0n) is 5.47. The Morgan fingerprint density at radius 1 is 1.42 bits per heavy atom. The Labute approximate surface area is 63.3 Å². The van der Waals surface area contributed by atoms with Gasteiger partial charge in [-0.3, -0.25) is 0 Å². The third-order valence-electron chi connectivity index (χ3n) is 1.00. The number of nitrogens with two attached hydrogens (primary N) is 1. The molecule has 0 unspecified atom stereocenters. The number of nitrogens with zero attached hydrogens (tertiary/aromatic N) is 2. The lowest BCUT2D eigenvalue weighted by Gasteiger charge is -2.08. The van der Waals surface area contributed by atoms with Crippen molar-refractivity contribution in [3.8, 4) is 0 Å². The van der Waals surface area contributed by atoms with Crippen molar-refractivity contribution in [1.29, 1.82) is 0 Å². The quantitative estimate of drug-likeness (QED) is 0.698. The van der Waals surface area contributed by atoms with Crippen molar-refractivity contribution in [1.82, 2.24) is 10.1 Å². The highest BCUT2D eigenvalue weighted by atomic mass is 19.3. The van der Waals surface area contributed by atoms with Gasteiger partial charge in [-0.05, 0) is 5.16 Å². The topological polar surface area (TPSA) is 64.9 Å². The molecule has 0 aliphatic heterocycles. The predicted octanol–water partition coefficient (Wildman–Crippen LogP) is 1.01. The minimum absolute atomic E-state index is 0.606. The minimum Gasteiger partial charge on any atom is -0.365 e. The van der Waals surface area contributed by atoms with Crippen LogP contribution in [-0.2, 0) is 5.92 Å². The van der Waals surface area contributed by atoms with Crippen LogP contribution in [0.3, 0.4) is 0 Å². The molecule has 0 radical (unpaired) electrons. The van der Waals surface area contributed by atoms with E-state index in [2.05, 4.69) is 14.7 Å². The Kier molecular flexibility index (Phi) is 1.90. The maximum absolute atomic E-state index is 12.3. The molecule has 1 rings (SSSR count). The molecule has 4 nitrogen and oxygen atoms in total. The molecule has 0 fully saturated rings. The minimum atomic E-state index is -4.44. The van der Waals surface area contributed by atoms with Gasteiger partial charge in [-0.1, -0.05) is 0 Å². The molecule has 0 saturated heterocycles. The maximum Gasteiger partial charge on any atom is 0.384 e. The number of rotatable bonds is 2. The zero-order valence-corrected chi connectivity index (χ0v) is 5.47. The van der Waals surface area contributed by atoms with Gasteiger partial charge in [0, 0.05) is 0 Å². The number of halogens is 4. The summed E-state index contributed by atoms with van der Waals surface area (Å²) in [7, 11) is 0. The second-order valence-corrected chi connectivity index (χ2v) is 1.88. The molecule has 0 aromatic carbocycles. The van der Waals surface area contributed by atoms with Crippen LogP contribution in [0.1, 0.15) is 5.89 Å². The molecular weight excluding hydrogens is 182 g/mol. The summed E-state index contributed by atoms with van der Waals surface area (Å²) in [6.07, 6.45) is -3.89. The molecule has 0 bridgehead atoms. The Balaban J connectivity index is 2.97. The number of hydrogen-bond acceptors (Lipinski definition) is 4. The van der Waals surface area contributed by atoms with E-state index in [-0.39, 0.29) is 0 Å². The molecule has 68 valence electrons. The summed E-state index contributed by atoms with van der Waals surface area (Å²) in [5.74, 6) is -6.52. The molecular formula is C4H3F4N3O. The van der Waals surface area contributed by atoms with E-state index in [0.717, 1.165) is 0 Å². The second-order valence-electron chi connectivity index (χ2n) is 1.88. The first-order chi connectivity index (χ1) is 5.44. The van der Waals surface area contributed by atoms with Crippen molar-refractivity contribution in [2.75, 3.05) is 5.73 Å². The van der Waals surface area contributed by atoms with Crippen LogP contribution in [0.25, 0.3) is 0 Å². The molecule has 0 aliphatic carbocycles. The molecule has 0 atom stereocenters. The van der Waals surface area contributed by atoms with Gasteiger partial charge in [0.1, 0.15) is 0 Å². The monoisotopic (exact) mass is 185 g/mol. The number of aromatic nitrogens is 2. The van der Waals surface area contributed by atoms with E-state index in [1.165, 1.54) is 0 Å². The largest absolute Gasteiger partial charge is 0.384 e. The first-order valence-corrected chi connectivity index (χ1v) is 2.70. The van der Waals surface area contributed by atoms with E-state index in [0.29, 0.717) is 0 Å². The molecule has 8 heteroatoms. The normalized spacial score (nSPS) is 12.4. The highest BCUT2D eigenvalue weighted by molar-refractivity contribution is 5.12. The van der Waals surface area contributed by atoms with Crippen LogP contribution in [0.2, 0.25) is 0 Å². The van der Waals surface area contributed by atoms with Gasteiger partial charge in [-0.25, -0.2) is 8.78 Å². The average Bonchev–Trinajstić information content (AvgIpc) is 2.35. The lowest BCUT2D eigenvalue weighted by Crippen LogP contribution is -2.23. The first-order valence-electron chi connectivity index (χ1n) is 2.70. The van der Waals surface area contributed by atoms with E-state index >= 15 is 0 Å². The smallest absolute Gasteiger partial charge is 0.365 e. The lowest BCUT2D eigenvalue weighted by molar-refractivity contribution is -0.152. The third-order valence-corrected chi connectivity index (χ3v) is 1.00. The molecule has 1 aromatic heterocycles. The standard InChI is InChI=1S/C4H3F4N3O/c5-1(6)4(7,8)2-10-3(9)11-12-2/h1H,(H2,9,11). The average molecular weight is 185 g/mol. The van der Waals surface area contributed by atoms with Gasteiger partial charge in [0.05, 0.1) is 0 Å². The number of alkyl halides is 4. The molecule has 0 spiro atoms.